The number of nitriles is 1. The van der Waals surface area contributed by atoms with Crippen molar-refractivity contribution in [1.29, 1.82) is 5.26 Å². The van der Waals surface area contributed by atoms with Crippen molar-refractivity contribution >= 4 is 56.5 Å². The van der Waals surface area contributed by atoms with Crippen LogP contribution in [-0.2, 0) is 5.75 Å². The number of carbonyl (C=O) groups is 1. The Labute approximate surface area is 181 Å². The maximum atomic E-state index is 12.5. The minimum Gasteiger partial charge on any atom is -0.322 e. The second-order valence-electron chi connectivity index (χ2n) is 6.15. The molecule has 0 unspecified atom stereocenters. The molecule has 1 amide bonds. The third-order valence-electron chi connectivity index (χ3n) is 4.23. The van der Waals surface area contributed by atoms with Crippen molar-refractivity contribution in [3.63, 3.8) is 0 Å². The molecule has 0 aliphatic rings. The number of benzene rings is 3. The van der Waals surface area contributed by atoms with Crippen molar-refractivity contribution in [1.82, 2.24) is 4.98 Å². The number of rotatable bonds is 5. The topological polar surface area (TPSA) is 65.8 Å². The van der Waals surface area contributed by atoms with Gasteiger partial charge in [-0.15, -0.1) is 11.3 Å². The summed E-state index contributed by atoms with van der Waals surface area (Å²) in [5.41, 5.74) is 3.68. The molecule has 29 heavy (non-hydrogen) atoms. The average molecular weight is 436 g/mol. The lowest BCUT2D eigenvalue weighted by Crippen LogP contribution is -2.12. The van der Waals surface area contributed by atoms with E-state index >= 15 is 0 Å². The molecule has 3 aromatic carbocycles. The fraction of sp³-hybridized carbons (Fsp3) is 0.0455. The van der Waals surface area contributed by atoms with Crippen LogP contribution in [0.1, 0.15) is 21.5 Å². The molecule has 0 atom stereocenters. The summed E-state index contributed by atoms with van der Waals surface area (Å²) < 4.78 is 1.90. The van der Waals surface area contributed by atoms with E-state index in [1.54, 1.807) is 47.4 Å². The normalized spacial score (nSPS) is 10.6. The summed E-state index contributed by atoms with van der Waals surface area (Å²) in [4.78, 5) is 17.1. The van der Waals surface area contributed by atoms with Crippen LogP contribution < -0.4 is 5.32 Å². The zero-order valence-corrected chi connectivity index (χ0v) is 17.4. The summed E-state index contributed by atoms with van der Waals surface area (Å²) in [7, 11) is 0. The van der Waals surface area contributed by atoms with Crippen LogP contribution in [0.5, 0.6) is 0 Å². The molecule has 0 aliphatic heterocycles. The predicted molar refractivity (Wildman–Crippen MR) is 120 cm³/mol. The molecule has 4 rings (SSSR count). The largest absolute Gasteiger partial charge is 0.322 e. The summed E-state index contributed by atoms with van der Waals surface area (Å²) in [5, 5.41) is 12.5. The van der Waals surface area contributed by atoms with Crippen LogP contribution in [-0.4, -0.2) is 10.9 Å². The molecule has 0 aliphatic carbocycles. The monoisotopic (exact) mass is 435 g/mol. The summed E-state index contributed by atoms with van der Waals surface area (Å²) in [5.74, 6) is 0.432. The highest BCUT2D eigenvalue weighted by Gasteiger charge is 2.12. The Morgan fingerprint density at radius 3 is 2.76 bits per heavy atom. The van der Waals surface area contributed by atoms with Crippen molar-refractivity contribution in [3.05, 3.63) is 88.4 Å². The lowest BCUT2D eigenvalue weighted by Gasteiger charge is -2.06. The van der Waals surface area contributed by atoms with Crippen molar-refractivity contribution in [3.8, 4) is 6.07 Å². The third-order valence-corrected chi connectivity index (χ3v) is 6.77. The standard InChI is InChI=1S/C22H14ClN3OS2/c23-18-8-4-3-7-17(18)21(27)25-16-9-10-19-20(11-16)29-22(26-19)28-13-15-6-2-1-5-14(15)12-24/h1-11H,13H2,(H,25,27). The lowest BCUT2D eigenvalue weighted by atomic mass is 10.1. The maximum Gasteiger partial charge on any atom is 0.257 e. The van der Waals surface area contributed by atoms with Crippen LogP contribution in [0.4, 0.5) is 5.69 Å². The number of anilines is 1. The Morgan fingerprint density at radius 1 is 1.14 bits per heavy atom. The van der Waals surface area contributed by atoms with Gasteiger partial charge < -0.3 is 5.32 Å². The number of nitrogens with zero attached hydrogens (tertiary/aromatic N) is 2. The number of fused-ring (bicyclic) bond motifs is 1. The highest BCUT2D eigenvalue weighted by atomic mass is 35.5. The molecular weight excluding hydrogens is 422 g/mol. The Balaban J connectivity index is 1.50. The number of hydrogen-bond donors (Lipinski definition) is 1. The first-order valence-corrected chi connectivity index (χ1v) is 10.9. The van der Waals surface area contributed by atoms with Crippen LogP contribution >= 0.6 is 34.7 Å². The second kappa shape index (κ2) is 8.66. The summed E-state index contributed by atoms with van der Waals surface area (Å²) in [6, 6.07) is 22.4. The minimum atomic E-state index is -0.248. The van der Waals surface area contributed by atoms with Crippen molar-refractivity contribution in [2.75, 3.05) is 5.32 Å². The molecule has 1 aromatic heterocycles. The molecule has 0 saturated heterocycles. The fourth-order valence-corrected chi connectivity index (χ4v) is 5.11. The first-order valence-electron chi connectivity index (χ1n) is 8.71. The van der Waals surface area contributed by atoms with Gasteiger partial charge in [-0.05, 0) is 42.0 Å². The van der Waals surface area contributed by atoms with Gasteiger partial charge in [0.1, 0.15) is 0 Å². The molecule has 142 valence electrons. The van der Waals surface area contributed by atoms with Gasteiger partial charge in [0.15, 0.2) is 4.34 Å². The summed E-state index contributed by atoms with van der Waals surface area (Å²) in [6.45, 7) is 0. The van der Waals surface area contributed by atoms with Gasteiger partial charge in [-0.3, -0.25) is 4.79 Å². The van der Waals surface area contributed by atoms with Crippen LogP contribution in [0.2, 0.25) is 5.02 Å². The number of amides is 1. The van der Waals surface area contributed by atoms with E-state index in [2.05, 4.69) is 16.4 Å². The number of thiazole rings is 1. The van der Waals surface area contributed by atoms with Gasteiger partial charge in [-0.1, -0.05) is 53.7 Å². The number of thioether (sulfide) groups is 1. The predicted octanol–water partition coefficient (Wildman–Crippen LogP) is 6.37. The first-order chi connectivity index (χ1) is 14.1. The van der Waals surface area contributed by atoms with Gasteiger partial charge in [0.2, 0.25) is 0 Å². The van der Waals surface area contributed by atoms with Gasteiger partial charge in [-0.25, -0.2) is 4.98 Å². The van der Waals surface area contributed by atoms with E-state index in [4.69, 9.17) is 11.6 Å². The molecule has 1 heterocycles. The van der Waals surface area contributed by atoms with E-state index in [0.29, 0.717) is 27.6 Å². The molecule has 0 radical (unpaired) electrons. The Bertz CT molecular complexity index is 1250. The zero-order chi connectivity index (χ0) is 20.2. The quantitative estimate of drug-likeness (QED) is 0.370. The lowest BCUT2D eigenvalue weighted by molar-refractivity contribution is 0.102. The fourth-order valence-electron chi connectivity index (χ4n) is 2.78. The van der Waals surface area contributed by atoms with Crippen LogP contribution in [0.25, 0.3) is 10.2 Å². The van der Waals surface area contributed by atoms with Gasteiger partial charge in [0.25, 0.3) is 5.91 Å². The third kappa shape index (κ3) is 4.43. The minimum absolute atomic E-state index is 0.248. The van der Waals surface area contributed by atoms with Crippen LogP contribution in [0.15, 0.2) is 71.1 Å². The Kier molecular flexibility index (Phi) is 5.81. The Hall–Kier alpha value is -2.85. The van der Waals surface area contributed by atoms with Crippen LogP contribution in [0.3, 0.4) is 0 Å². The van der Waals surface area contributed by atoms with Crippen molar-refractivity contribution in [2.24, 2.45) is 0 Å². The van der Waals surface area contributed by atoms with E-state index in [9.17, 15) is 10.1 Å². The van der Waals surface area contributed by atoms with E-state index < -0.39 is 0 Å². The molecule has 0 fully saturated rings. The maximum absolute atomic E-state index is 12.5. The van der Waals surface area contributed by atoms with Crippen molar-refractivity contribution < 1.29 is 4.79 Å². The van der Waals surface area contributed by atoms with Gasteiger partial charge in [-0.2, -0.15) is 5.26 Å². The van der Waals surface area contributed by atoms with E-state index in [0.717, 1.165) is 20.1 Å². The molecule has 0 saturated carbocycles. The second-order valence-corrected chi connectivity index (χ2v) is 8.81. The zero-order valence-electron chi connectivity index (χ0n) is 15.1. The average Bonchev–Trinajstić information content (AvgIpc) is 3.15. The number of hydrogen-bond acceptors (Lipinski definition) is 5. The molecular formula is C22H14ClN3OS2. The number of carbonyl (C=O) groups excluding carboxylic acids is 1. The highest BCUT2D eigenvalue weighted by Crippen LogP contribution is 2.33. The van der Waals surface area contributed by atoms with E-state index in [1.807, 2.05) is 42.5 Å². The number of halogens is 1. The van der Waals surface area contributed by atoms with Gasteiger partial charge >= 0.3 is 0 Å². The number of nitrogens with one attached hydrogen (secondary N) is 1. The van der Waals surface area contributed by atoms with Gasteiger partial charge in [0.05, 0.1) is 32.4 Å². The van der Waals surface area contributed by atoms with Gasteiger partial charge in [0, 0.05) is 11.4 Å². The van der Waals surface area contributed by atoms with Crippen molar-refractivity contribution in [2.45, 2.75) is 10.1 Å². The molecule has 7 heteroatoms. The molecule has 4 aromatic rings. The Morgan fingerprint density at radius 2 is 1.93 bits per heavy atom. The number of aromatic nitrogens is 1. The molecule has 0 bridgehead atoms. The van der Waals surface area contributed by atoms with E-state index in [1.165, 1.54) is 0 Å². The summed E-state index contributed by atoms with van der Waals surface area (Å²) >= 11 is 9.26. The smallest absolute Gasteiger partial charge is 0.257 e. The highest BCUT2D eigenvalue weighted by molar-refractivity contribution is 8.00. The van der Waals surface area contributed by atoms with E-state index in [-0.39, 0.29) is 5.91 Å². The molecule has 0 spiro atoms. The van der Waals surface area contributed by atoms with Crippen LogP contribution in [0, 0.1) is 11.3 Å². The summed E-state index contributed by atoms with van der Waals surface area (Å²) in [6.07, 6.45) is 0. The molecule has 1 N–H and O–H groups in total. The first kappa shape index (κ1) is 19.5. The SMILES string of the molecule is N#Cc1ccccc1CSc1nc2ccc(NC(=O)c3ccccc3Cl)cc2s1. The molecule has 4 nitrogen and oxygen atoms in total.